The summed E-state index contributed by atoms with van der Waals surface area (Å²) >= 11 is 0. The molecular weight excluding hydrogens is 244 g/mol. The van der Waals surface area contributed by atoms with Crippen molar-refractivity contribution >= 4 is 0 Å². The van der Waals surface area contributed by atoms with Crippen LogP contribution in [0.4, 0.5) is 0 Å². The molecule has 3 fully saturated rings. The smallest absolute Gasteiger partial charge is 0.0328 e. The van der Waals surface area contributed by atoms with Crippen molar-refractivity contribution in [3.05, 3.63) is 0 Å². The molecule has 3 saturated carbocycles. The predicted molar refractivity (Wildman–Crippen MR) is 85.6 cm³/mol. The molecule has 0 aromatic heterocycles. The van der Waals surface area contributed by atoms with Gasteiger partial charge in [0, 0.05) is 18.6 Å². The largest absolute Gasteiger partial charge is 0.329 e. The van der Waals surface area contributed by atoms with Crippen molar-refractivity contribution in [3.63, 3.8) is 0 Å². The van der Waals surface area contributed by atoms with Crippen molar-refractivity contribution in [1.29, 1.82) is 0 Å². The lowest BCUT2D eigenvalue weighted by atomic mass is 9.84. The van der Waals surface area contributed by atoms with Gasteiger partial charge in [0.2, 0.25) is 0 Å². The summed E-state index contributed by atoms with van der Waals surface area (Å²) in [6, 6.07) is 0. The van der Waals surface area contributed by atoms with E-state index in [1.54, 1.807) is 0 Å². The monoisotopic (exact) mass is 278 g/mol. The Morgan fingerprint density at radius 3 is 2.60 bits per heavy atom. The van der Waals surface area contributed by atoms with Crippen LogP contribution in [0.3, 0.4) is 0 Å². The first-order chi connectivity index (χ1) is 9.63. The third-order valence-electron chi connectivity index (χ3n) is 7.02. The number of likely N-dealkylation sites (N-methyl/N-ethyl adjacent to an activating group) is 1. The molecular formula is C18H34N2. The molecule has 3 rings (SSSR count). The van der Waals surface area contributed by atoms with Gasteiger partial charge in [0.25, 0.3) is 0 Å². The number of nitrogens with zero attached hydrogens (tertiary/aromatic N) is 1. The Balaban J connectivity index is 1.62. The molecule has 116 valence electrons. The Morgan fingerprint density at radius 1 is 1.10 bits per heavy atom. The molecule has 2 N–H and O–H groups in total. The molecule has 2 nitrogen and oxygen atoms in total. The summed E-state index contributed by atoms with van der Waals surface area (Å²) in [6.07, 6.45) is 12.9. The highest BCUT2D eigenvalue weighted by Gasteiger charge is 2.42. The van der Waals surface area contributed by atoms with Gasteiger partial charge >= 0.3 is 0 Å². The Labute approximate surface area is 125 Å². The van der Waals surface area contributed by atoms with Crippen LogP contribution in [0.5, 0.6) is 0 Å². The average Bonchev–Trinajstić information content (AvgIpc) is 2.99. The number of hydrogen-bond acceptors (Lipinski definition) is 2. The Morgan fingerprint density at radius 2 is 1.95 bits per heavy atom. The zero-order valence-electron chi connectivity index (χ0n) is 13.6. The maximum absolute atomic E-state index is 6.26. The molecule has 0 amide bonds. The molecule has 3 aliphatic rings. The molecule has 0 radical (unpaired) electrons. The second kappa shape index (κ2) is 5.96. The minimum atomic E-state index is 0.312. The lowest BCUT2D eigenvalue weighted by Gasteiger charge is -2.43. The van der Waals surface area contributed by atoms with Gasteiger partial charge < -0.3 is 5.73 Å². The summed E-state index contributed by atoms with van der Waals surface area (Å²) in [5, 5.41) is 0. The van der Waals surface area contributed by atoms with Crippen LogP contribution in [0.1, 0.15) is 64.7 Å². The Kier molecular flexibility index (Phi) is 4.42. The second-order valence-corrected chi connectivity index (χ2v) is 8.28. The minimum Gasteiger partial charge on any atom is -0.329 e. The number of fused-ring (bicyclic) bond motifs is 2. The molecule has 3 aliphatic carbocycles. The SMILES string of the molecule is CC1CCCC(CN)(N(C)CC2CC3CCC2C3)CC1. The van der Waals surface area contributed by atoms with Crippen LogP contribution in [0.15, 0.2) is 0 Å². The van der Waals surface area contributed by atoms with E-state index in [-0.39, 0.29) is 0 Å². The third kappa shape index (κ3) is 2.78. The molecule has 0 aliphatic heterocycles. The topological polar surface area (TPSA) is 29.3 Å². The van der Waals surface area contributed by atoms with E-state index in [4.69, 9.17) is 5.73 Å². The standard InChI is InChI=1S/C18H34N2/c1-14-4-3-8-18(13-19,9-7-14)20(2)12-17-11-15-5-6-16(17)10-15/h14-17H,3-13,19H2,1-2H3. The van der Waals surface area contributed by atoms with Crippen molar-refractivity contribution < 1.29 is 0 Å². The zero-order chi connectivity index (χ0) is 14.2. The molecule has 0 aromatic rings. The molecule has 0 aromatic carbocycles. The van der Waals surface area contributed by atoms with Gasteiger partial charge in [-0.25, -0.2) is 0 Å². The fourth-order valence-corrected chi connectivity index (χ4v) is 5.45. The fourth-order valence-electron chi connectivity index (χ4n) is 5.45. The molecule has 2 heteroatoms. The Hall–Kier alpha value is -0.0800. The summed E-state index contributed by atoms with van der Waals surface area (Å²) < 4.78 is 0. The first-order valence-corrected chi connectivity index (χ1v) is 9.04. The van der Waals surface area contributed by atoms with Gasteiger partial charge in [0.05, 0.1) is 0 Å². The van der Waals surface area contributed by atoms with E-state index < -0.39 is 0 Å². The summed E-state index contributed by atoms with van der Waals surface area (Å²) in [6.45, 7) is 4.59. The van der Waals surface area contributed by atoms with E-state index in [0.29, 0.717) is 5.54 Å². The first-order valence-electron chi connectivity index (χ1n) is 9.04. The summed E-state index contributed by atoms with van der Waals surface area (Å²) in [5.74, 6) is 3.99. The van der Waals surface area contributed by atoms with Crippen molar-refractivity contribution in [1.82, 2.24) is 4.90 Å². The van der Waals surface area contributed by atoms with E-state index in [9.17, 15) is 0 Å². The van der Waals surface area contributed by atoms with Crippen LogP contribution in [0.2, 0.25) is 0 Å². The molecule has 2 bridgehead atoms. The van der Waals surface area contributed by atoms with Gasteiger partial charge in [-0.2, -0.15) is 0 Å². The highest BCUT2D eigenvalue weighted by molar-refractivity contribution is 4.96. The molecule has 5 atom stereocenters. The predicted octanol–water partition coefficient (Wildman–Crippen LogP) is 3.65. The van der Waals surface area contributed by atoms with Gasteiger partial charge in [0.15, 0.2) is 0 Å². The minimum absolute atomic E-state index is 0.312. The lowest BCUT2D eigenvalue weighted by molar-refractivity contribution is 0.0760. The number of nitrogens with two attached hydrogens (primary N) is 1. The fraction of sp³-hybridized carbons (Fsp3) is 1.00. The molecule has 0 heterocycles. The molecule has 5 unspecified atom stereocenters. The Bertz CT molecular complexity index is 329. The summed E-state index contributed by atoms with van der Waals surface area (Å²) in [5.41, 5.74) is 6.57. The molecule has 0 spiro atoms. The maximum atomic E-state index is 6.26. The molecule has 20 heavy (non-hydrogen) atoms. The van der Waals surface area contributed by atoms with Crippen LogP contribution in [0, 0.1) is 23.7 Å². The van der Waals surface area contributed by atoms with Gasteiger partial charge in [-0.1, -0.05) is 26.2 Å². The van der Waals surface area contributed by atoms with Gasteiger partial charge in [0.1, 0.15) is 0 Å². The van der Waals surface area contributed by atoms with Crippen LogP contribution in [0.25, 0.3) is 0 Å². The summed E-state index contributed by atoms with van der Waals surface area (Å²) in [4.78, 5) is 2.69. The van der Waals surface area contributed by atoms with Crippen molar-refractivity contribution in [3.8, 4) is 0 Å². The highest BCUT2D eigenvalue weighted by atomic mass is 15.2. The van der Waals surface area contributed by atoms with Crippen LogP contribution < -0.4 is 5.73 Å². The average molecular weight is 278 g/mol. The normalized spacial score (nSPS) is 45.0. The van der Waals surface area contributed by atoms with E-state index >= 15 is 0 Å². The lowest BCUT2D eigenvalue weighted by Crippen LogP contribution is -2.53. The van der Waals surface area contributed by atoms with Crippen molar-refractivity contribution in [2.45, 2.75) is 70.3 Å². The number of hydrogen-bond donors (Lipinski definition) is 1. The van der Waals surface area contributed by atoms with E-state index in [2.05, 4.69) is 18.9 Å². The van der Waals surface area contributed by atoms with E-state index in [1.807, 2.05) is 0 Å². The van der Waals surface area contributed by atoms with E-state index in [1.165, 1.54) is 64.3 Å². The van der Waals surface area contributed by atoms with E-state index in [0.717, 1.165) is 30.2 Å². The maximum Gasteiger partial charge on any atom is 0.0328 e. The quantitative estimate of drug-likeness (QED) is 0.795. The molecule has 0 saturated heterocycles. The highest BCUT2D eigenvalue weighted by Crippen LogP contribution is 2.49. The van der Waals surface area contributed by atoms with Crippen molar-refractivity contribution in [2.24, 2.45) is 29.4 Å². The summed E-state index contributed by atoms with van der Waals surface area (Å²) in [7, 11) is 2.37. The van der Waals surface area contributed by atoms with Crippen molar-refractivity contribution in [2.75, 3.05) is 20.1 Å². The first kappa shape index (κ1) is 14.8. The van der Waals surface area contributed by atoms with Crippen LogP contribution >= 0.6 is 0 Å². The second-order valence-electron chi connectivity index (χ2n) is 8.28. The third-order valence-corrected chi connectivity index (χ3v) is 7.02. The zero-order valence-corrected chi connectivity index (χ0v) is 13.6. The van der Waals surface area contributed by atoms with Crippen LogP contribution in [-0.4, -0.2) is 30.6 Å². The van der Waals surface area contributed by atoms with Gasteiger partial charge in [-0.15, -0.1) is 0 Å². The van der Waals surface area contributed by atoms with Gasteiger partial charge in [-0.05, 0) is 69.2 Å². The van der Waals surface area contributed by atoms with Crippen LogP contribution in [-0.2, 0) is 0 Å². The number of rotatable bonds is 4. The van der Waals surface area contributed by atoms with Gasteiger partial charge in [-0.3, -0.25) is 4.90 Å².